The van der Waals surface area contributed by atoms with E-state index in [1.165, 1.54) is 0 Å². The molecule has 0 bridgehead atoms. The summed E-state index contributed by atoms with van der Waals surface area (Å²) < 4.78 is 51.3. The molecule has 7 nitrogen and oxygen atoms in total. The van der Waals surface area contributed by atoms with Gasteiger partial charge in [0.1, 0.15) is 12.2 Å². The van der Waals surface area contributed by atoms with Crippen LogP contribution in [0.15, 0.2) is 30.3 Å². The first-order chi connectivity index (χ1) is 11.7. The maximum absolute atomic E-state index is 11.6. The molecule has 140 valence electrons. The molecule has 0 unspecified atom stereocenters. The molecule has 0 saturated carbocycles. The van der Waals surface area contributed by atoms with Gasteiger partial charge in [-0.05, 0) is 25.8 Å². The van der Waals surface area contributed by atoms with Crippen molar-refractivity contribution in [2.24, 2.45) is 0 Å². The van der Waals surface area contributed by atoms with Crippen LogP contribution >= 0.6 is 0 Å². The van der Waals surface area contributed by atoms with Crippen LogP contribution in [-0.4, -0.2) is 51.7 Å². The number of hydrogen-bond donors (Lipinski definition) is 0. The van der Waals surface area contributed by atoms with Crippen LogP contribution in [-0.2, 0) is 39.9 Å². The highest BCUT2D eigenvalue weighted by Crippen LogP contribution is 2.40. The molecule has 0 N–H and O–H groups in total. The van der Waals surface area contributed by atoms with Crippen LogP contribution in [0.5, 0.6) is 0 Å². The summed E-state index contributed by atoms with van der Waals surface area (Å²) in [7, 11) is -3.65. The van der Waals surface area contributed by atoms with E-state index in [1.807, 2.05) is 30.3 Å². The van der Waals surface area contributed by atoms with Gasteiger partial charge >= 0.3 is 0 Å². The molecule has 2 aliphatic rings. The lowest BCUT2D eigenvalue weighted by Gasteiger charge is -2.25. The number of ether oxygens (including phenoxy) is 4. The zero-order chi connectivity index (χ0) is 18.1. The Labute approximate surface area is 148 Å². The summed E-state index contributed by atoms with van der Waals surface area (Å²) in [4.78, 5) is 0. The largest absolute Gasteiger partial charge is 0.377 e. The van der Waals surface area contributed by atoms with Crippen LogP contribution in [0.1, 0.15) is 25.8 Å². The third-order valence-corrected chi connectivity index (χ3v) is 4.60. The van der Waals surface area contributed by atoms with Crippen LogP contribution in [0, 0.1) is 0 Å². The lowest BCUT2D eigenvalue weighted by Crippen LogP contribution is -2.38. The number of benzene rings is 1. The van der Waals surface area contributed by atoms with E-state index in [2.05, 4.69) is 0 Å². The lowest BCUT2D eigenvalue weighted by atomic mass is 10.1. The van der Waals surface area contributed by atoms with Crippen molar-refractivity contribution in [1.29, 1.82) is 0 Å². The minimum atomic E-state index is -3.65. The average Bonchev–Trinajstić information content (AvgIpc) is 2.97. The van der Waals surface area contributed by atoms with Gasteiger partial charge in [0, 0.05) is 6.61 Å². The maximum Gasteiger partial charge on any atom is 0.264 e. The molecule has 2 aliphatic heterocycles. The monoisotopic (exact) mass is 372 g/mol. The fourth-order valence-corrected chi connectivity index (χ4v) is 3.70. The molecular formula is C17H24O7S. The fraction of sp³-hybridized carbons (Fsp3) is 0.647. The molecule has 2 heterocycles. The summed E-state index contributed by atoms with van der Waals surface area (Å²) in [5.41, 5.74) is 1.07. The van der Waals surface area contributed by atoms with Crippen molar-refractivity contribution in [2.75, 3.05) is 12.9 Å². The Kier molecular flexibility index (Phi) is 5.48. The van der Waals surface area contributed by atoms with E-state index < -0.39 is 40.5 Å². The highest BCUT2D eigenvalue weighted by atomic mass is 32.2. The predicted molar refractivity (Wildman–Crippen MR) is 89.1 cm³/mol. The number of hydrogen-bond acceptors (Lipinski definition) is 7. The molecule has 0 amide bonds. The van der Waals surface area contributed by atoms with Gasteiger partial charge in [-0.3, -0.25) is 4.18 Å². The van der Waals surface area contributed by atoms with Crippen molar-refractivity contribution in [3.8, 4) is 0 Å². The quantitative estimate of drug-likeness (QED) is 0.533. The normalized spacial score (nSPS) is 31.2. The third-order valence-electron chi connectivity index (χ3n) is 4.03. The minimum Gasteiger partial charge on any atom is -0.377 e. The van der Waals surface area contributed by atoms with Crippen LogP contribution in [0.2, 0.25) is 0 Å². The first-order valence-corrected chi connectivity index (χ1v) is 10.1. The standard InChI is InChI=1S/C17H24O7S/c1-17(2)22-15-14(24-25(3,18)19)13(21-16(15)23-17)9-10-20-11-12-7-5-4-6-8-12/h4-8,13-16H,9-11H2,1-3H3/t13-,14+,15-,16-/m1/s1. The van der Waals surface area contributed by atoms with E-state index in [0.29, 0.717) is 19.6 Å². The van der Waals surface area contributed by atoms with Crippen molar-refractivity contribution < 1.29 is 31.5 Å². The molecule has 2 fully saturated rings. The van der Waals surface area contributed by atoms with Gasteiger partial charge < -0.3 is 18.9 Å². The van der Waals surface area contributed by atoms with Gasteiger partial charge in [-0.25, -0.2) is 0 Å². The van der Waals surface area contributed by atoms with Gasteiger partial charge in [0.2, 0.25) is 0 Å². The molecule has 1 aromatic carbocycles. The topological polar surface area (TPSA) is 80.3 Å². The van der Waals surface area contributed by atoms with E-state index in [-0.39, 0.29) is 0 Å². The highest BCUT2D eigenvalue weighted by Gasteiger charge is 2.56. The van der Waals surface area contributed by atoms with E-state index in [4.69, 9.17) is 23.1 Å². The number of fused-ring (bicyclic) bond motifs is 1. The van der Waals surface area contributed by atoms with Crippen LogP contribution in [0.3, 0.4) is 0 Å². The van der Waals surface area contributed by atoms with Crippen molar-refractivity contribution >= 4 is 10.1 Å². The molecule has 3 rings (SSSR count). The Morgan fingerprint density at radius 2 is 1.88 bits per heavy atom. The molecular weight excluding hydrogens is 348 g/mol. The number of rotatable bonds is 7. The van der Waals surface area contributed by atoms with Crippen molar-refractivity contribution in [1.82, 2.24) is 0 Å². The average molecular weight is 372 g/mol. The zero-order valence-electron chi connectivity index (χ0n) is 14.6. The van der Waals surface area contributed by atoms with Crippen LogP contribution in [0.4, 0.5) is 0 Å². The lowest BCUT2D eigenvalue weighted by molar-refractivity contribution is -0.214. The van der Waals surface area contributed by atoms with E-state index in [0.717, 1.165) is 11.8 Å². The second-order valence-corrected chi connectivity index (χ2v) is 8.34. The van der Waals surface area contributed by atoms with Crippen molar-refractivity contribution in [2.45, 2.75) is 57.3 Å². The summed E-state index contributed by atoms with van der Waals surface area (Å²) in [6, 6.07) is 9.81. The van der Waals surface area contributed by atoms with Gasteiger partial charge in [0.25, 0.3) is 10.1 Å². The van der Waals surface area contributed by atoms with E-state index in [1.54, 1.807) is 13.8 Å². The summed E-state index contributed by atoms with van der Waals surface area (Å²) in [5, 5.41) is 0. The van der Waals surface area contributed by atoms with Crippen LogP contribution in [0.25, 0.3) is 0 Å². The summed E-state index contributed by atoms with van der Waals surface area (Å²) in [6.07, 6.45) is -0.944. The fourth-order valence-electron chi connectivity index (χ4n) is 3.06. The molecule has 1 aromatic rings. The molecule has 0 spiro atoms. The Bertz CT molecular complexity index is 673. The second-order valence-electron chi connectivity index (χ2n) is 6.73. The van der Waals surface area contributed by atoms with Gasteiger partial charge in [-0.15, -0.1) is 0 Å². The zero-order valence-corrected chi connectivity index (χ0v) is 15.4. The molecule has 8 heteroatoms. The van der Waals surface area contributed by atoms with Gasteiger partial charge in [0.05, 0.1) is 19.0 Å². The summed E-state index contributed by atoms with van der Waals surface area (Å²) >= 11 is 0. The first kappa shape index (κ1) is 18.8. The van der Waals surface area contributed by atoms with Gasteiger partial charge in [-0.2, -0.15) is 8.42 Å². The van der Waals surface area contributed by atoms with E-state index in [9.17, 15) is 8.42 Å². The smallest absolute Gasteiger partial charge is 0.264 e. The van der Waals surface area contributed by atoms with Crippen molar-refractivity contribution in [3.63, 3.8) is 0 Å². The van der Waals surface area contributed by atoms with Crippen molar-refractivity contribution in [3.05, 3.63) is 35.9 Å². The maximum atomic E-state index is 11.6. The molecule has 25 heavy (non-hydrogen) atoms. The van der Waals surface area contributed by atoms with Gasteiger partial charge in [-0.1, -0.05) is 30.3 Å². The summed E-state index contributed by atoms with van der Waals surface area (Å²) in [6.45, 7) is 4.40. The Morgan fingerprint density at radius 1 is 1.16 bits per heavy atom. The minimum absolute atomic E-state index is 0.409. The predicted octanol–water partition coefficient (Wildman–Crippen LogP) is 1.81. The Morgan fingerprint density at radius 3 is 2.56 bits per heavy atom. The van der Waals surface area contributed by atoms with E-state index >= 15 is 0 Å². The highest BCUT2D eigenvalue weighted by molar-refractivity contribution is 7.86. The molecule has 0 aromatic heterocycles. The third kappa shape index (κ3) is 4.99. The van der Waals surface area contributed by atoms with Crippen LogP contribution < -0.4 is 0 Å². The summed E-state index contributed by atoms with van der Waals surface area (Å²) in [5.74, 6) is -0.830. The first-order valence-electron chi connectivity index (χ1n) is 8.24. The van der Waals surface area contributed by atoms with Gasteiger partial charge in [0.15, 0.2) is 12.1 Å². The molecule has 4 atom stereocenters. The Balaban J connectivity index is 1.56. The molecule has 0 radical (unpaired) electrons. The Hall–Kier alpha value is -1.03. The molecule has 0 aliphatic carbocycles. The molecule has 2 saturated heterocycles. The second kappa shape index (κ2) is 7.30. The SMILES string of the molecule is CC1(C)O[C@H]2O[C@H](CCOCc3ccccc3)[C@H](OS(C)(=O)=O)[C@H]2O1.